The van der Waals surface area contributed by atoms with Crippen LogP contribution < -0.4 is 4.90 Å². The summed E-state index contributed by atoms with van der Waals surface area (Å²) in [6, 6.07) is 6.22. The highest BCUT2D eigenvalue weighted by atomic mass is 79.9. The number of fused-ring (bicyclic) bond motifs is 1. The number of anilines is 1. The molecule has 0 unspecified atom stereocenters. The fourth-order valence-corrected chi connectivity index (χ4v) is 3.16. The van der Waals surface area contributed by atoms with Gasteiger partial charge in [-0.15, -0.1) is 0 Å². The molecule has 1 aromatic heterocycles. The molecule has 0 bridgehead atoms. The second-order valence-corrected chi connectivity index (χ2v) is 5.21. The first-order valence-corrected chi connectivity index (χ1v) is 6.66. The summed E-state index contributed by atoms with van der Waals surface area (Å²) in [6.45, 7) is 6.34. The Hall–Kier alpha value is -0.610. The molecule has 0 fully saturated rings. The van der Waals surface area contributed by atoms with E-state index in [0.717, 1.165) is 28.2 Å². The lowest BCUT2D eigenvalue weighted by atomic mass is 10.3. The van der Waals surface area contributed by atoms with Crippen molar-refractivity contribution in [3.63, 3.8) is 0 Å². The fraction of sp³-hybridized carbons (Fsp3) is 0.364. The number of hydrogen-bond donors (Lipinski definition) is 0. The van der Waals surface area contributed by atoms with Crippen LogP contribution in [0.3, 0.4) is 0 Å². The number of rotatable bonds is 3. The average Bonchev–Trinajstić information content (AvgIpc) is 2.62. The van der Waals surface area contributed by atoms with Crippen LogP contribution in [-0.4, -0.2) is 18.1 Å². The first-order chi connectivity index (χ1) is 7.24. The predicted molar refractivity (Wildman–Crippen MR) is 70.9 cm³/mol. The van der Waals surface area contributed by atoms with E-state index in [2.05, 4.69) is 51.8 Å². The van der Waals surface area contributed by atoms with Gasteiger partial charge in [0.15, 0.2) is 5.13 Å². The van der Waals surface area contributed by atoms with E-state index in [0.29, 0.717) is 0 Å². The Morgan fingerprint density at radius 2 is 2.07 bits per heavy atom. The molecule has 2 aromatic rings. The zero-order chi connectivity index (χ0) is 10.8. The van der Waals surface area contributed by atoms with Crippen LogP contribution >= 0.6 is 27.3 Å². The summed E-state index contributed by atoms with van der Waals surface area (Å²) in [5.74, 6) is 0. The van der Waals surface area contributed by atoms with Crippen LogP contribution in [-0.2, 0) is 0 Å². The number of halogens is 1. The molecule has 0 radical (unpaired) electrons. The van der Waals surface area contributed by atoms with Crippen LogP contribution in [0.1, 0.15) is 13.8 Å². The van der Waals surface area contributed by atoms with Gasteiger partial charge in [-0.05, 0) is 32.0 Å². The Morgan fingerprint density at radius 3 is 2.73 bits per heavy atom. The normalized spacial score (nSPS) is 10.9. The zero-order valence-corrected chi connectivity index (χ0v) is 11.2. The number of benzene rings is 1. The van der Waals surface area contributed by atoms with Crippen molar-refractivity contribution in [3.05, 3.63) is 22.7 Å². The largest absolute Gasteiger partial charge is 0.349 e. The minimum Gasteiger partial charge on any atom is -0.349 e. The van der Waals surface area contributed by atoms with E-state index >= 15 is 0 Å². The van der Waals surface area contributed by atoms with Crippen molar-refractivity contribution in [3.8, 4) is 0 Å². The van der Waals surface area contributed by atoms with E-state index in [9.17, 15) is 0 Å². The SMILES string of the molecule is CCN(CC)c1nc2ccc(Br)cc2s1. The van der Waals surface area contributed by atoms with Crippen molar-refractivity contribution in [1.29, 1.82) is 0 Å². The molecular weight excluding hydrogens is 272 g/mol. The third-order valence-corrected chi connectivity index (χ3v) is 3.95. The summed E-state index contributed by atoms with van der Waals surface area (Å²) in [7, 11) is 0. The van der Waals surface area contributed by atoms with E-state index in [4.69, 9.17) is 0 Å². The van der Waals surface area contributed by atoms with Gasteiger partial charge in [0.25, 0.3) is 0 Å². The van der Waals surface area contributed by atoms with E-state index in [1.165, 1.54) is 4.70 Å². The Balaban J connectivity index is 2.46. The minimum absolute atomic E-state index is 1.01. The molecule has 0 aliphatic heterocycles. The molecular formula is C11H13BrN2S. The zero-order valence-electron chi connectivity index (χ0n) is 8.83. The van der Waals surface area contributed by atoms with E-state index in [1.54, 1.807) is 11.3 Å². The molecule has 0 atom stereocenters. The first kappa shape index (κ1) is 10.9. The van der Waals surface area contributed by atoms with Crippen LogP contribution in [0.25, 0.3) is 10.2 Å². The van der Waals surface area contributed by atoms with Gasteiger partial charge in [-0.1, -0.05) is 27.3 Å². The van der Waals surface area contributed by atoms with Crippen LogP contribution in [0.4, 0.5) is 5.13 Å². The topological polar surface area (TPSA) is 16.1 Å². The molecule has 4 heteroatoms. The summed E-state index contributed by atoms with van der Waals surface area (Å²) in [5.41, 5.74) is 1.09. The summed E-state index contributed by atoms with van der Waals surface area (Å²) in [6.07, 6.45) is 0. The molecule has 2 nitrogen and oxygen atoms in total. The highest BCUT2D eigenvalue weighted by Crippen LogP contribution is 2.30. The third-order valence-electron chi connectivity index (χ3n) is 2.37. The number of thiazole rings is 1. The summed E-state index contributed by atoms with van der Waals surface area (Å²) < 4.78 is 2.36. The second-order valence-electron chi connectivity index (χ2n) is 3.28. The maximum absolute atomic E-state index is 4.62. The Labute approximate surface area is 102 Å². The van der Waals surface area contributed by atoms with E-state index < -0.39 is 0 Å². The molecule has 0 saturated carbocycles. The smallest absolute Gasteiger partial charge is 0.186 e. The molecule has 0 spiro atoms. The van der Waals surface area contributed by atoms with Gasteiger partial charge in [0, 0.05) is 17.6 Å². The molecule has 15 heavy (non-hydrogen) atoms. The van der Waals surface area contributed by atoms with Gasteiger partial charge >= 0.3 is 0 Å². The maximum Gasteiger partial charge on any atom is 0.186 e. The van der Waals surface area contributed by atoms with E-state index in [1.807, 2.05) is 6.07 Å². The fourth-order valence-electron chi connectivity index (χ4n) is 1.52. The third kappa shape index (κ3) is 2.16. The van der Waals surface area contributed by atoms with Gasteiger partial charge in [0.2, 0.25) is 0 Å². The first-order valence-electron chi connectivity index (χ1n) is 5.05. The maximum atomic E-state index is 4.62. The molecule has 1 aromatic carbocycles. The molecule has 1 heterocycles. The van der Waals surface area contributed by atoms with Gasteiger partial charge in [-0.3, -0.25) is 0 Å². The lowest BCUT2D eigenvalue weighted by molar-refractivity contribution is 0.862. The molecule has 0 aliphatic rings. The van der Waals surface area contributed by atoms with Crippen molar-refractivity contribution in [1.82, 2.24) is 4.98 Å². The molecule has 0 aliphatic carbocycles. The van der Waals surface area contributed by atoms with Crippen molar-refractivity contribution in [2.75, 3.05) is 18.0 Å². The van der Waals surface area contributed by atoms with Crippen molar-refractivity contribution >= 4 is 42.6 Å². The molecule has 0 saturated heterocycles. The lowest BCUT2D eigenvalue weighted by Crippen LogP contribution is -2.21. The number of hydrogen-bond acceptors (Lipinski definition) is 3. The quantitative estimate of drug-likeness (QED) is 0.850. The standard InChI is InChI=1S/C11H13BrN2S/c1-3-14(4-2)11-13-9-6-5-8(12)7-10(9)15-11/h5-7H,3-4H2,1-2H3. The van der Waals surface area contributed by atoms with Gasteiger partial charge in [0.1, 0.15) is 0 Å². The second kappa shape index (κ2) is 4.49. The number of aromatic nitrogens is 1. The monoisotopic (exact) mass is 284 g/mol. The predicted octanol–water partition coefficient (Wildman–Crippen LogP) is 3.91. The molecule has 80 valence electrons. The van der Waals surface area contributed by atoms with Crippen LogP contribution in [0.2, 0.25) is 0 Å². The van der Waals surface area contributed by atoms with Crippen molar-refractivity contribution in [2.45, 2.75) is 13.8 Å². The van der Waals surface area contributed by atoms with E-state index in [-0.39, 0.29) is 0 Å². The summed E-state index contributed by atoms with van der Waals surface area (Å²) in [4.78, 5) is 6.90. The minimum atomic E-state index is 1.01. The highest BCUT2D eigenvalue weighted by Gasteiger charge is 2.08. The highest BCUT2D eigenvalue weighted by molar-refractivity contribution is 9.10. The molecule has 0 N–H and O–H groups in total. The van der Waals surface area contributed by atoms with Crippen LogP contribution in [0.5, 0.6) is 0 Å². The Kier molecular flexibility index (Phi) is 3.26. The summed E-state index contributed by atoms with van der Waals surface area (Å²) >= 11 is 5.23. The van der Waals surface area contributed by atoms with Gasteiger partial charge in [-0.2, -0.15) is 0 Å². The Morgan fingerprint density at radius 1 is 1.33 bits per heavy atom. The van der Waals surface area contributed by atoms with Crippen molar-refractivity contribution in [2.24, 2.45) is 0 Å². The van der Waals surface area contributed by atoms with Crippen LogP contribution in [0, 0.1) is 0 Å². The molecule has 2 rings (SSSR count). The van der Waals surface area contributed by atoms with Crippen molar-refractivity contribution < 1.29 is 0 Å². The van der Waals surface area contributed by atoms with Crippen LogP contribution in [0.15, 0.2) is 22.7 Å². The summed E-state index contributed by atoms with van der Waals surface area (Å²) in [5, 5.41) is 1.12. The Bertz CT molecular complexity index is 463. The van der Waals surface area contributed by atoms with Gasteiger partial charge in [0.05, 0.1) is 10.2 Å². The molecule has 0 amide bonds. The number of nitrogens with zero attached hydrogens (tertiary/aromatic N) is 2. The average molecular weight is 285 g/mol. The van der Waals surface area contributed by atoms with Gasteiger partial charge < -0.3 is 4.90 Å². The van der Waals surface area contributed by atoms with Gasteiger partial charge in [-0.25, -0.2) is 4.98 Å². The lowest BCUT2D eigenvalue weighted by Gasteiger charge is -2.16.